The van der Waals surface area contributed by atoms with Crippen LogP contribution in [0, 0.1) is 0 Å². The van der Waals surface area contributed by atoms with Gasteiger partial charge in [0.15, 0.2) is 0 Å². The quantitative estimate of drug-likeness (QED) is 0.873. The number of nitrogens with two attached hydrogens (primary N) is 1. The molecule has 1 fully saturated rings. The SMILES string of the molecule is CSC1CCCC(NS(=O)(=O)c2ccccc2CN)C1. The molecule has 1 saturated carbocycles. The van der Waals surface area contributed by atoms with E-state index in [1.165, 1.54) is 6.42 Å². The van der Waals surface area contributed by atoms with E-state index in [9.17, 15) is 8.42 Å². The van der Waals surface area contributed by atoms with Gasteiger partial charge < -0.3 is 5.73 Å². The van der Waals surface area contributed by atoms with E-state index in [2.05, 4.69) is 11.0 Å². The Kier molecular flexibility index (Phi) is 5.49. The zero-order valence-electron chi connectivity index (χ0n) is 11.7. The van der Waals surface area contributed by atoms with Crippen molar-refractivity contribution >= 4 is 21.8 Å². The summed E-state index contributed by atoms with van der Waals surface area (Å²) < 4.78 is 27.9. The lowest BCUT2D eigenvalue weighted by atomic mass is 9.96. The first-order valence-corrected chi connectivity index (χ1v) is 9.67. The van der Waals surface area contributed by atoms with Crippen LogP contribution in [0.5, 0.6) is 0 Å². The second kappa shape index (κ2) is 6.93. The lowest BCUT2D eigenvalue weighted by Crippen LogP contribution is -2.39. The van der Waals surface area contributed by atoms with E-state index >= 15 is 0 Å². The molecule has 0 saturated heterocycles. The van der Waals surface area contributed by atoms with Crippen LogP contribution in [0.2, 0.25) is 0 Å². The fourth-order valence-electron chi connectivity index (χ4n) is 2.68. The van der Waals surface area contributed by atoms with Gasteiger partial charge in [-0.1, -0.05) is 24.6 Å². The maximum atomic E-state index is 12.5. The Morgan fingerprint density at radius 2 is 2.10 bits per heavy atom. The molecule has 0 spiro atoms. The Morgan fingerprint density at radius 3 is 2.80 bits per heavy atom. The number of benzene rings is 1. The molecule has 4 nitrogen and oxygen atoms in total. The second-order valence-electron chi connectivity index (χ2n) is 5.15. The molecule has 20 heavy (non-hydrogen) atoms. The van der Waals surface area contributed by atoms with Crippen LogP contribution in [0.3, 0.4) is 0 Å². The molecule has 0 amide bonds. The zero-order chi connectivity index (χ0) is 14.6. The molecule has 1 aliphatic carbocycles. The van der Waals surface area contributed by atoms with Crippen molar-refractivity contribution in [3.63, 3.8) is 0 Å². The molecule has 0 radical (unpaired) electrons. The molecule has 0 aliphatic heterocycles. The fourth-order valence-corrected chi connectivity index (χ4v) is 5.04. The highest BCUT2D eigenvalue weighted by molar-refractivity contribution is 7.99. The second-order valence-corrected chi connectivity index (χ2v) is 7.97. The van der Waals surface area contributed by atoms with Crippen LogP contribution in [0.1, 0.15) is 31.2 Å². The van der Waals surface area contributed by atoms with E-state index in [0.717, 1.165) is 19.3 Å². The lowest BCUT2D eigenvalue weighted by Gasteiger charge is -2.28. The smallest absolute Gasteiger partial charge is 0.241 e. The van der Waals surface area contributed by atoms with Crippen LogP contribution >= 0.6 is 11.8 Å². The minimum atomic E-state index is -3.47. The third kappa shape index (κ3) is 3.75. The van der Waals surface area contributed by atoms with E-state index < -0.39 is 10.0 Å². The van der Waals surface area contributed by atoms with Crippen molar-refractivity contribution in [1.82, 2.24) is 4.72 Å². The van der Waals surface area contributed by atoms with E-state index in [1.807, 2.05) is 17.8 Å². The Bertz CT molecular complexity index is 546. The summed E-state index contributed by atoms with van der Waals surface area (Å²) in [6.45, 7) is 0.231. The average Bonchev–Trinajstić information content (AvgIpc) is 2.47. The Balaban J connectivity index is 2.14. The predicted octanol–water partition coefficient (Wildman–Crippen LogP) is 2.10. The number of nitrogens with one attached hydrogen (secondary N) is 1. The fraction of sp³-hybridized carbons (Fsp3) is 0.571. The number of rotatable bonds is 5. The van der Waals surface area contributed by atoms with Crippen LogP contribution in [-0.4, -0.2) is 26.0 Å². The topological polar surface area (TPSA) is 72.2 Å². The van der Waals surface area contributed by atoms with Crippen molar-refractivity contribution in [2.75, 3.05) is 6.26 Å². The maximum Gasteiger partial charge on any atom is 0.241 e. The summed E-state index contributed by atoms with van der Waals surface area (Å²) in [5.41, 5.74) is 6.29. The monoisotopic (exact) mass is 314 g/mol. The number of sulfonamides is 1. The van der Waals surface area contributed by atoms with E-state index in [-0.39, 0.29) is 12.6 Å². The number of thioether (sulfide) groups is 1. The van der Waals surface area contributed by atoms with Gasteiger partial charge in [-0.15, -0.1) is 0 Å². The van der Waals surface area contributed by atoms with Gasteiger partial charge in [-0.25, -0.2) is 13.1 Å². The van der Waals surface area contributed by atoms with Gasteiger partial charge in [0.25, 0.3) is 0 Å². The lowest BCUT2D eigenvalue weighted by molar-refractivity contribution is 0.420. The molecule has 3 N–H and O–H groups in total. The van der Waals surface area contributed by atoms with Crippen molar-refractivity contribution in [3.8, 4) is 0 Å². The highest BCUT2D eigenvalue weighted by atomic mass is 32.2. The Morgan fingerprint density at radius 1 is 1.35 bits per heavy atom. The third-order valence-corrected chi connectivity index (χ3v) is 6.48. The average molecular weight is 314 g/mol. The third-order valence-electron chi connectivity index (χ3n) is 3.76. The molecule has 2 atom stereocenters. The summed E-state index contributed by atoms with van der Waals surface area (Å²) in [5, 5.41) is 0.557. The summed E-state index contributed by atoms with van der Waals surface area (Å²) in [7, 11) is -3.47. The largest absolute Gasteiger partial charge is 0.326 e. The van der Waals surface area contributed by atoms with Gasteiger partial charge in [-0.2, -0.15) is 11.8 Å². The van der Waals surface area contributed by atoms with Crippen LogP contribution in [-0.2, 0) is 16.6 Å². The highest BCUT2D eigenvalue weighted by Gasteiger charge is 2.27. The van der Waals surface area contributed by atoms with Crippen LogP contribution in [0.15, 0.2) is 29.2 Å². The Labute approximate surface area is 125 Å². The van der Waals surface area contributed by atoms with Crippen molar-refractivity contribution in [3.05, 3.63) is 29.8 Å². The van der Waals surface area contributed by atoms with Gasteiger partial charge in [-0.05, 0) is 37.1 Å². The molecule has 1 aromatic rings. The molecule has 1 aliphatic rings. The molecule has 0 bridgehead atoms. The molecule has 0 aromatic heterocycles. The van der Waals surface area contributed by atoms with Gasteiger partial charge in [0.2, 0.25) is 10.0 Å². The van der Waals surface area contributed by atoms with Crippen LogP contribution in [0.25, 0.3) is 0 Å². The molecule has 112 valence electrons. The van der Waals surface area contributed by atoms with E-state index in [4.69, 9.17) is 5.73 Å². The van der Waals surface area contributed by atoms with Gasteiger partial charge >= 0.3 is 0 Å². The minimum Gasteiger partial charge on any atom is -0.326 e. The normalized spacial score (nSPS) is 23.7. The van der Waals surface area contributed by atoms with Gasteiger partial charge in [0, 0.05) is 17.8 Å². The minimum absolute atomic E-state index is 0.0389. The molecular weight excluding hydrogens is 292 g/mol. The Hall–Kier alpha value is -0.560. The highest BCUT2D eigenvalue weighted by Crippen LogP contribution is 2.28. The van der Waals surface area contributed by atoms with Crippen molar-refractivity contribution in [2.45, 2.75) is 48.4 Å². The molecule has 1 aromatic carbocycles. The standard InChI is InChI=1S/C14H22N2O2S2/c1-19-13-7-4-6-12(9-13)16-20(17,18)14-8-3-2-5-11(14)10-15/h2-3,5,8,12-13,16H,4,6-7,9-10,15H2,1H3. The van der Waals surface area contributed by atoms with Crippen LogP contribution < -0.4 is 10.5 Å². The van der Waals surface area contributed by atoms with Gasteiger partial charge in [0.1, 0.15) is 0 Å². The maximum absolute atomic E-state index is 12.5. The molecule has 2 rings (SSSR count). The first-order valence-electron chi connectivity index (χ1n) is 6.90. The zero-order valence-corrected chi connectivity index (χ0v) is 13.3. The summed E-state index contributed by atoms with van der Waals surface area (Å²) in [6.07, 6.45) is 6.17. The van der Waals surface area contributed by atoms with Gasteiger partial charge in [-0.3, -0.25) is 0 Å². The van der Waals surface area contributed by atoms with E-state index in [0.29, 0.717) is 15.7 Å². The van der Waals surface area contributed by atoms with E-state index in [1.54, 1.807) is 18.2 Å². The summed E-state index contributed by atoms with van der Waals surface area (Å²) in [6, 6.07) is 6.97. The molecule has 2 unspecified atom stereocenters. The van der Waals surface area contributed by atoms with Crippen molar-refractivity contribution < 1.29 is 8.42 Å². The first-order chi connectivity index (χ1) is 9.56. The summed E-state index contributed by atoms with van der Waals surface area (Å²) in [4.78, 5) is 0.314. The van der Waals surface area contributed by atoms with Crippen LogP contribution in [0.4, 0.5) is 0 Å². The van der Waals surface area contributed by atoms with Crippen molar-refractivity contribution in [1.29, 1.82) is 0 Å². The first kappa shape index (κ1) is 15.8. The summed E-state index contributed by atoms with van der Waals surface area (Å²) in [5.74, 6) is 0. The van der Waals surface area contributed by atoms with Gasteiger partial charge in [0.05, 0.1) is 4.90 Å². The predicted molar refractivity (Wildman–Crippen MR) is 84.2 cm³/mol. The number of hydrogen-bond acceptors (Lipinski definition) is 4. The molecular formula is C14H22N2O2S2. The number of hydrogen-bond donors (Lipinski definition) is 2. The molecule has 0 heterocycles. The van der Waals surface area contributed by atoms with Crippen molar-refractivity contribution in [2.24, 2.45) is 5.73 Å². The summed E-state index contributed by atoms with van der Waals surface area (Å²) >= 11 is 1.82. The molecule has 6 heteroatoms.